The molecule has 144 valence electrons. The van der Waals surface area contributed by atoms with E-state index >= 15 is 0 Å². The van der Waals surface area contributed by atoms with Crippen molar-refractivity contribution in [2.75, 3.05) is 13.1 Å². The van der Waals surface area contributed by atoms with Gasteiger partial charge in [0.2, 0.25) is 0 Å². The van der Waals surface area contributed by atoms with Crippen molar-refractivity contribution in [2.45, 2.75) is 51.8 Å². The third kappa shape index (κ3) is 5.83. The number of piperidine rings is 1. The molecule has 1 N–H and O–H groups in total. The average molecular weight is 367 g/mol. The zero-order valence-electron chi connectivity index (χ0n) is 16.4. The number of hydrogen-bond donors (Lipinski definition) is 1. The second-order valence-corrected chi connectivity index (χ2v) is 7.37. The van der Waals surface area contributed by atoms with Crippen molar-refractivity contribution in [1.29, 1.82) is 0 Å². The van der Waals surface area contributed by atoms with E-state index in [1.165, 1.54) is 5.56 Å². The summed E-state index contributed by atoms with van der Waals surface area (Å²) in [5, 5.41) is 3.18. The number of hydrogen-bond acceptors (Lipinski definition) is 3. The molecule has 0 saturated carbocycles. The summed E-state index contributed by atoms with van der Waals surface area (Å²) < 4.78 is 5.77. The summed E-state index contributed by atoms with van der Waals surface area (Å²) in [4.78, 5) is 15.0. The van der Waals surface area contributed by atoms with Crippen molar-refractivity contribution in [2.24, 2.45) is 0 Å². The second-order valence-electron chi connectivity index (χ2n) is 7.37. The monoisotopic (exact) mass is 366 g/mol. The molecule has 1 fully saturated rings. The molecule has 1 saturated heterocycles. The van der Waals surface area contributed by atoms with Gasteiger partial charge in [0.05, 0.1) is 6.10 Å². The Labute approximate surface area is 162 Å². The fourth-order valence-corrected chi connectivity index (χ4v) is 3.35. The highest BCUT2D eigenvalue weighted by Gasteiger charge is 2.21. The summed E-state index contributed by atoms with van der Waals surface area (Å²) >= 11 is 0. The van der Waals surface area contributed by atoms with Crippen molar-refractivity contribution in [1.82, 2.24) is 10.2 Å². The van der Waals surface area contributed by atoms with Crippen LogP contribution in [-0.2, 0) is 6.54 Å². The average Bonchev–Trinajstić information content (AvgIpc) is 2.70. The lowest BCUT2D eigenvalue weighted by molar-refractivity contribution is 0.0909. The van der Waals surface area contributed by atoms with Crippen LogP contribution in [0.2, 0.25) is 0 Å². The lowest BCUT2D eigenvalue weighted by Crippen LogP contribution is -2.44. The fraction of sp³-hybridized carbons (Fsp3) is 0.435. The largest absolute Gasteiger partial charge is 0.491 e. The number of likely N-dealkylation sites (tertiary alicyclic amines) is 1. The van der Waals surface area contributed by atoms with Gasteiger partial charge in [0.1, 0.15) is 5.75 Å². The number of carbonyl (C=O) groups is 1. The molecule has 1 aliphatic heterocycles. The van der Waals surface area contributed by atoms with Gasteiger partial charge in [-0.3, -0.25) is 9.69 Å². The van der Waals surface area contributed by atoms with Crippen LogP contribution in [0.5, 0.6) is 5.75 Å². The van der Waals surface area contributed by atoms with Gasteiger partial charge in [-0.2, -0.15) is 0 Å². The van der Waals surface area contributed by atoms with Crippen LogP contribution < -0.4 is 10.1 Å². The standard InChI is InChI=1S/C23H30N2O2/c1-3-18(2)27-22-11-9-20(10-12-22)23(26)24-21-13-15-25(16-14-21)17-19-7-5-4-6-8-19/h4-12,18,21H,3,13-17H2,1-2H3,(H,24,26). The topological polar surface area (TPSA) is 41.6 Å². The van der Waals surface area contributed by atoms with Crippen molar-refractivity contribution >= 4 is 5.91 Å². The summed E-state index contributed by atoms with van der Waals surface area (Å²) in [6.07, 6.45) is 3.14. The lowest BCUT2D eigenvalue weighted by Gasteiger charge is -2.32. The van der Waals surface area contributed by atoms with Crippen molar-refractivity contribution in [3.05, 3.63) is 65.7 Å². The molecule has 1 unspecified atom stereocenters. The first-order chi connectivity index (χ1) is 13.1. The van der Waals surface area contributed by atoms with Crippen molar-refractivity contribution < 1.29 is 9.53 Å². The maximum atomic E-state index is 12.5. The van der Waals surface area contributed by atoms with Gasteiger partial charge in [-0.05, 0) is 56.0 Å². The normalized spacial score (nSPS) is 16.7. The minimum absolute atomic E-state index is 0.00611. The summed E-state index contributed by atoms with van der Waals surface area (Å²) in [5.74, 6) is 0.821. The summed E-state index contributed by atoms with van der Waals surface area (Å²) in [7, 11) is 0. The third-order valence-electron chi connectivity index (χ3n) is 5.20. The molecule has 1 heterocycles. The van der Waals surface area contributed by atoms with Crippen LogP contribution in [0.4, 0.5) is 0 Å². The first-order valence-electron chi connectivity index (χ1n) is 9.98. The van der Waals surface area contributed by atoms with Gasteiger partial charge in [-0.25, -0.2) is 0 Å². The number of ether oxygens (including phenoxy) is 1. The SMILES string of the molecule is CCC(C)Oc1ccc(C(=O)NC2CCN(Cc3ccccc3)CC2)cc1. The maximum absolute atomic E-state index is 12.5. The number of amides is 1. The van der Waals surface area contributed by atoms with E-state index in [2.05, 4.69) is 41.4 Å². The molecule has 1 aliphatic rings. The van der Waals surface area contributed by atoms with E-state index in [0.717, 1.165) is 44.6 Å². The molecule has 2 aromatic carbocycles. The van der Waals surface area contributed by atoms with Crippen molar-refractivity contribution in [3.8, 4) is 5.75 Å². The Morgan fingerprint density at radius 2 is 1.78 bits per heavy atom. The van der Waals surface area contributed by atoms with Crippen LogP contribution in [0.3, 0.4) is 0 Å². The first-order valence-corrected chi connectivity index (χ1v) is 9.98. The Morgan fingerprint density at radius 1 is 1.11 bits per heavy atom. The van der Waals surface area contributed by atoms with E-state index in [4.69, 9.17) is 4.74 Å². The lowest BCUT2D eigenvalue weighted by atomic mass is 10.0. The van der Waals surface area contributed by atoms with E-state index in [1.54, 1.807) is 0 Å². The van der Waals surface area contributed by atoms with E-state index in [9.17, 15) is 4.79 Å². The highest BCUT2D eigenvalue weighted by atomic mass is 16.5. The minimum atomic E-state index is 0.00611. The number of nitrogens with one attached hydrogen (secondary N) is 1. The quantitative estimate of drug-likeness (QED) is 0.796. The zero-order chi connectivity index (χ0) is 19.1. The molecule has 0 aromatic heterocycles. The van der Waals surface area contributed by atoms with E-state index < -0.39 is 0 Å². The molecule has 0 bridgehead atoms. The Balaban J connectivity index is 1.45. The van der Waals surface area contributed by atoms with Gasteiger partial charge in [0.15, 0.2) is 0 Å². The molecule has 27 heavy (non-hydrogen) atoms. The van der Waals surface area contributed by atoms with Crippen LogP contribution in [-0.4, -0.2) is 36.0 Å². The minimum Gasteiger partial charge on any atom is -0.491 e. The molecule has 3 rings (SSSR count). The summed E-state index contributed by atoms with van der Waals surface area (Å²) in [6.45, 7) is 7.16. The third-order valence-corrected chi connectivity index (χ3v) is 5.20. The smallest absolute Gasteiger partial charge is 0.251 e. The Morgan fingerprint density at radius 3 is 2.41 bits per heavy atom. The number of nitrogens with zero attached hydrogens (tertiary/aromatic N) is 1. The maximum Gasteiger partial charge on any atom is 0.251 e. The Kier molecular flexibility index (Phi) is 6.88. The predicted molar refractivity (Wildman–Crippen MR) is 109 cm³/mol. The molecular formula is C23H30N2O2. The van der Waals surface area contributed by atoms with Gasteiger partial charge < -0.3 is 10.1 Å². The first kappa shape index (κ1) is 19.4. The highest BCUT2D eigenvalue weighted by molar-refractivity contribution is 5.94. The molecule has 4 nitrogen and oxygen atoms in total. The van der Waals surface area contributed by atoms with Gasteiger partial charge >= 0.3 is 0 Å². The highest BCUT2D eigenvalue weighted by Crippen LogP contribution is 2.17. The number of rotatable bonds is 7. The Hall–Kier alpha value is -2.33. The van der Waals surface area contributed by atoms with Gasteiger partial charge in [-0.15, -0.1) is 0 Å². The van der Waals surface area contributed by atoms with Crippen LogP contribution >= 0.6 is 0 Å². The van der Waals surface area contributed by atoms with Crippen LogP contribution in [0.15, 0.2) is 54.6 Å². The fourth-order valence-electron chi connectivity index (χ4n) is 3.35. The molecule has 1 amide bonds. The second kappa shape index (κ2) is 9.56. The number of carbonyl (C=O) groups excluding carboxylic acids is 1. The predicted octanol–water partition coefficient (Wildman–Crippen LogP) is 4.26. The molecule has 0 spiro atoms. The summed E-state index contributed by atoms with van der Waals surface area (Å²) in [5.41, 5.74) is 2.04. The Bertz CT molecular complexity index is 707. The van der Waals surface area contributed by atoms with E-state index in [-0.39, 0.29) is 18.1 Å². The van der Waals surface area contributed by atoms with Crippen LogP contribution in [0.1, 0.15) is 49.0 Å². The molecule has 4 heteroatoms. The van der Waals surface area contributed by atoms with Gasteiger partial charge in [-0.1, -0.05) is 37.3 Å². The zero-order valence-corrected chi connectivity index (χ0v) is 16.4. The van der Waals surface area contributed by atoms with Gasteiger partial charge in [0, 0.05) is 31.2 Å². The van der Waals surface area contributed by atoms with Crippen LogP contribution in [0.25, 0.3) is 0 Å². The van der Waals surface area contributed by atoms with Gasteiger partial charge in [0.25, 0.3) is 5.91 Å². The summed E-state index contributed by atoms with van der Waals surface area (Å²) in [6, 6.07) is 18.3. The molecule has 2 aromatic rings. The molecule has 0 aliphatic carbocycles. The van der Waals surface area contributed by atoms with Crippen LogP contribution in [0, 0.1) is 0 Å². The molecule has 0 radical (unpaired) electrons. The van der Waals surface area contributed by atoms with Crippen molar-refractivity contribution in [3.63, 3.8) is 0 Å². The molecular weight excluding hydrogens is 336 g/mol. The van der Waals surface area contributed by atoms with E-state index in [0.29, 0.717) is 5.56 Å². The van der Waals surface area contributed by atoms with E-state index in [1.807, 2.05) is 37.3 Å². The molecule has 1 atom stereocenters. The number of benzene rings is 2.